The molecule has 0 atom stereocenters. The number of benzene rings is 3. The summed E-state index contributed by atoms with van der Waals surface area (Å²) in [5.41, 5.74) is 4.98. The lowest BCUT2D eigenvalue weighted by molar-refractivity contribution is -0.107. The van der Waals surface area contributed by atoms with Crippen LogP contribution in [0.1, 0.15) is 17.5 Å². The van der Waals surface area contributed by atoms with Crippen molar-refractivity contribution in [3.05, 3.63) is 94.5 Å². The molecule has 4 aromatic rings. The zero-order valence-corrected chi connectivity index (χ0v) is 17.7. The smallest absolute Gasteiger partial charge is 0.419 e. The molecule has 33 heavy (non-hydrogen) atoms. The number of carbonyl (C=O) groups is 2. The molecule has 0 spiro atoms. The molecule has 3 aromatic carbocycles. The summed E-state index contributed by atoms with van der Waals surface area (Å²) >= 11 is 0. The van der Waals surface area contributed by atoms with Crippen molar-refractivity contribution in [3.63, 3.8) is 0 Å². The Morgan fingerprint density at radius 2 is 1.88 bits per heavy atom. The van der Waals surface area contributed by atoms with Crippen LogP contribution < -0.4 is 11.1 Å². The average Bonchev–Trinajstić information content (AvgIpc) is 3.11. The molecule has 1 heterocycles. The molecule has 4 rings (SSSR count). The van der Waals surface area contributed by atoms with Gasteiger partial charge in [0.05, 0.1) is 11.2 Å². The molecule has 0 radical (unpaired) electrons. The predicted octanol–water partition coefficient (Wildman–Crippen LogP) is 5.20. The van der Waals surface area contributed by atoms with Crippen LogP contribution in [-0.4, -0.2) is 22.1 Å². The monoisotopic (exact) mass is 442 g/mol. The van der Waals surface area contributed by atoms with Crippen LogP contribution in [0.3, 0.4) is 0 Å². The van der Waals surface area contributed by atoms with Crippen LogP contribution in [0.5, 0.6) is 0 Å². The summed E-state index contributed by atoms with van der Waals surface area (Å²) in [7, 11) is 0. The fraction of sp³-hybridized carbons (Fsp3) is 0.115. The molecule has 0 aliphatic heterocycles. The summed E-state index contributed by atoms with van der Waals surface area (Å²) in [5, 5.41) is 11.7. The lowest BCUT2D eigenvalue weighted by atomic mass is 10.0. The molecule has 0 fully saturated rings. The second-order valence-electron chi connectivity index (χ2n) is 7.48. The molecule has 0 unspecified atom stereocenters. The SMILES string of the molecule is O=CCc1ccc2c(c1)oc(=O)n2CC/C=C/c1ccc(-c2ccccc2)c(NC(=O)O)c1. The van der Waals surface area contributed by atoms with Crippen LogP contribution in [0.4, 0.5) is 10.5 Å². The largest absolute Gasteiger partial charge is 0.465 e. The number of carbonyl (C=O) groups excluding carboxylic acids is 1. The van der Waals surface area contributed by atoms with Gasteiger partial charge in [-0.25, -0.2) is 9.59 Å². The van der Waals surface area contributed by atoms with E-state index in [1.807, 2.05) is 60.7 Å². The van der Waals surface area contributed by atoms with Crippen molar-refractivity contribution in [3.8, 4) is 11.1 Å². The minimum atomic E-state index is -1.13. The van der Waals surface area contributed by atoms with Gasteiger partial charge < -0.3 is 14.3 Å². The third-order valence-electron chi connectivity index (χ3n) is 5.25. The number of amides is 1. The number of carboxylic acid groups (broad SMARTS) is 1. The fourth-order valence-electron chi connectivity index (χ4n) is 3.72. The number of nitrogens with one attached hydrogen (secondary N) is 1. The Balaban J connectivity index is 1.50. The van der Waals surface area contributed by atoms with Crippen LogP contribution in [-0.2, 0) is 17.8 Å². The van der Waals surface area contributed by atoms with E-state index in [4.69, 9.17) is 4.42 Å². The van der Waals surface area contributed by atoms with Crippen LogP contribution in [0.25, 0.3) is 28.3 Å². The lowest BCUT2D eigenvalue weighted by Gasteiger charge is -2.10. The van der Waals surface area contributed by atoms with E-state index in [9.17, 15) is 19.5 Å². The number of hydrogen-bond acceptors (Lipinski definition) is 4. The van der Waals surface area contributed by atoms with Crippen molar-refractivity contribution in [2.45, 2.75) is 19.4 Å². The number of aryl methyl sites for hydroxylation is 1. The molecular formula is C26H22N2O5. The highest BCUT2D eigenvalue weighted by Gasteiger charge is 2.10. The van der Waals surface area contributed by atoms with E-state index in [1.54, 1.807) is 22.8 Å². The summed E-state index contributed by atoms with van der Waals surface area (Å²) in [4.78, 5) is 34.2. The molecule has 7 nitrogen and oxygen atoms in total. The topological polar surface area (TPSA) is 102 Å². The van der Waals surface area contributed by atoms with E-state index in [-0.39, 0.29) is 6.42 Å². The first-order chi connectivity index (χ1) is 16.0. The number of aromatic nitrogens is 1. The third kappa shape index (κ3) is 5.10. The number of anilines is 1. The number of nitrogens with zero attached hydrogens (tertiary/aromatic N) is 1. The van der Waals surface area contributed by atoms with Gasteiger partial charge in [-0.1, -0.05) is 60.7 Å². The van der Waals surface area contributed by atoms with Crippen molar-refractivity contribution >= 4 is 35.2 Å². The number of aldehydes is 1. The number of oxazole rings is 1. The van der Waals surface area contributed by atoms with Gasteiger partial charge in [-0.2, -0.15) is 0 Å². The maximum atomic E-state index is 12.2. The van der Waals surface area contributed by atoms with E-state index < -0.39 is 11.8 Å². The first-order valence-electron chi connectivity index (χ1n) is 10.5. The van der Waals surface area contributed by atoms with Gasteiger partial charge in [0.2, 0.25) is 0 Å². The summed E-state index contributed by atoms with van der Waals surface area (Å²) in [5.74, 6) is -0.443. The number of hydrogen-bond donors (Lipinski definition) is 2. The highest BCUT2D eigenvalue weighted by atomic mass is 16.4. The van der Waals surface area contributed by atoms with Crippen molar-refractivity contribution in [1.29, 1.82) is 0 Å². The second-order valence-corrected chi connectivity index (χ2v) is 7.48. The molecule has 0 bridgehead atoms. The van der Waals surface area contributed by atoms with Gasteiger partial charge in [-0.15, -0.1) is 0 Å². The standard InChI is InChI=1S/C26H22N2O5/c29-15-13-19-10-12-23-24(17-19)33-26(32)28(23)14-5-4-6-18-9-11-21(20-7-2-1-3-8-20)22(16-18)27-25(30)31/h1-4,6-12,15-17,27H,5,13-14H2,(H,30,31)/b6-4+. The minimum absolute atomic E-state index is 0.273. The fourth-order valence-corrected chi connectivity index (χ4v) is 3.72. The first kappa shape index (κ1) is 21.8. The van der Waals surface area contributed by atoms with Gasteiger partial charge in [0, 0.05) is 18.5 Å². The van der Waals surface area contributed by atoms with Crippen molar-refractivity contribution in [2.24, 2.45) is 0 Å². The van der Waals surface area contributed by atoms with Crippen molar-refractivity contribution in [2.75, 3.05) is 5.32 Å². The molecule has 0 saturated carbocycles. The zero-order valence-electron chi connectivity index (χ0n) is 17.7. The molecule has 1 amide bonds. The second kappa shape index (κ2) is 9.82. The Labute approximate surface area is 189 Å². The molecule has 0 aliphatic rings. The Morgan fingerprint density at radius 1 is 1.06 bits per heavy atom. The maximum Gasteiger partial charge on any atom is 0.419 e. The van der Waals surface area contributed by atoms with Crippen LogP contribution in [0.15, 0.2) is 82.0 Å². The Hall–Kier alpha value is -4.39. The summed E-state index contributed by atoms with van der Waals surface area (Å²) in [6.07, 6.45) is 4.34. The molecule has 166 valence electrons. The van der Waals surface area contributed by atoms with Gasteiger partial charge in [0.1, 0.15) is 6.29 Å². The summed E-state index contributed by atoms with van der Waals surface area (Å²) in [6.45, 7) is 0.428. The van der Waals surface area contributed by atoms with Crippen LogP contribution in [0.2, 0.25) is 0 Å². The Morgan fingerprint density at radius 3 is 2.64 bits per heavy atom. The number of rotatable bonds is 8. The third-order valence-corrected chi connectivity index (χ3v) is 5.25. The predicted molar refractivity (Wildman–Crippen MR) is 127 cm³/mol. The quantitative estimate of drug-likeness (QED) is 0.365. The summed E-state index contributed by atoms with van der Waals surface area (Å²) in [6, 6.07) is 20.4. The number of fused-ring (bicyclic) bond motifs is 1. The normalized spacial score (nSPS) is 11.2. The van der Waals surface area contributed by atoms with Gasteiger partial charge in [-0.05, 0) is 41.3 Å². The van der Waals surface area contributed by atoms with E-state index in [0.29, 0.717) is 29.8 Å². The molecular weight excluding hydrogens is 420 g/mol. The average molecular weight is 442 g/mol. The van der Waals surface area contributed by atoms with E-state index in [1.165, 1.54) is 0 Å². The van der Waals surface area contributed by atoms with Gasteiger partial charge >= 0.3 is 11.8 Å². The highest BCUT2D eigenvalue weighted by molar-refractivity contribution is 5.91. The Bertz CT molecular complexity index is 1380. The van der Waals surface area contributed by atoms with E-state index in [0.717, 1.165) is 28.5 Å². The van der Waals surface area contributed by atoms with Crippen molar-refractivity contribution in [1.82, 2.24) is 4.57 Å². The van der Waals surface area contributed by atoms with Gasteiger partial charge in [-0.3, -0.25) is 9.88 Å². The lowest BCUT2D eigenvalue weighted by Crippen LogP contribution is -2.13. The summed E-state index contributed by atoms with van der Waals surface area (Å²) < 4.78 is 6.87. The first-order valence-corrected chi connectivity index (χ1v) is 10.5. The minimum Gasteiger partial charge on any atom is -0.465 e. The molecule has 2 N–H and O–H groups in total. The molecule has 0 aliphatic carbocycles. The van der Waals surface area contributed by atoms with Crippen LogP contribution in [0, 0.1) is 0 Å². The molecule has 0 saturated heterocycles. The van der Waals surface area contributed by atoms with E-state index >= 15 is 0 Å². The zero-order chi connectivity index (χ0) is 23.2. The van der Waals surface area contributed by atoms with Crippen molar-refractivity contribution < 1.29 is 19.1 Å². The number of allylic oxidation sites excluding steroid dienone is 1. The Kier molecular flexibility index (Phi) is 6.50. The molecule has 1 aromatic heterocycles. The highest BCUT2D eigenvalue weighted by Crippen LogP contribution is 2.29. The van der Waals surface area contributed by atoms with Crippen LogP contribution >= 0.6 is 0 Å². The maximum absolute atomic E-state index is 12.2. The van der Waals surface area contributed by atoms with Gasteiger partial charge in [0.15, 0.2) is 5.58 Å². The molecule has 7 heteroatoms. The van der Waals surface area contributed by atoms with E-state index in [2.05, 4.69) is 5.32 Å². The van der Waals surface area contributed by atoms with Gasteiger partial charge in [0.25, 0.3) is 0 Å².